The lowest BCUT2D eigenvalue weighted by molar-refractivity contribution is 1.00. The Hall–Kier alpha value is -19.8. The van der Waals surface area contributed by atoms with Crippen molar-refractivity contribution in [1.29, 1.82) is 0 Å². The number of hydrogen-bond acceptors (Lipinski definition) is 6. The van der Waals surface area contributed by atoms with Crippen LogP contribution in [0.5, 0.6) is 0 Å². The van der Waals surface area contributed by atoms with Crippen molar-refractivity contribution in [2.75, 3.05) is 0 Å². The lowest BCUT2D eigenvalue weighted by atomic mass is 9.98. The van der Waals surface area contributed by atoms with Gasteiger partial charge in [-0.05, 0) is 189 Å². The summed E-state index contributed by atoms with van der Waals surface area (Å²) in [5, 5.41) is 37.2. The van der Waals surface area contributed by atoms with Crippen LogP contribution >= 0.6 is 0 Å². The minimum absolute atomic E-state index is 0.629. The third-order valence-corrected chi connectivity index (χ3v) is 31.3. The largest absolute Gasteiger partial charge is 0.309 e. The van der Waals surface area contributed by atoms with Gasteiger partial charge in [-0.1, -0.05) is 291 Å². The molecule has 0 aliphatic heterocycles. The Balaban J connectivity index is 0.0000000966. The molecular weight excluding hydrogens is 1770 g/mol. The zero-order valence-electron chi connectivity index (χ0n) is 77.6. The molecule has 14 heterocycles. The fraction of sp³-hybridized carbons (Fsp3) is 0. The first-order valence-corrected chi connectivity index (χ1v) is 49.5. The van der Waals surface area contributed by atoms with Crippen LogP contribution in [0.1, 0.15) is 0 Å². The van der Waals surface area contributed by atoms with Crippen LogP contribution in [-0.4, -0.2) is 61.4 Å². The molecule has 35 aromatic rings. The van der Waals surface area contributed by atoms with E-state index in [0.29, 0.717) is 17.4 Å². The van der Waals surface area contributed by atoms with Gasteiger partial charge in [0.2, 0.25) is 5.95 Å². The van der Waals surface area contributed by atoms with Crippen molar-refractivity contribution < 1.29 is 0 Å². The van der Waals surface area contributed by atoms with E-state index in [1.165, 1.54) is 217 Å². The fourth-order valence-electron chi connectivity index (χ4n) is 25.4. The second kappa shape index (κ2) is 29.4. The van der Waals surface area contributed by atoms with Crippen LogP contribution in [0.3, 0.4) is 0 Å². The highest BCUT2D eigenvalue weighted by Crippen LogP contribution is 2.54. The molecule has 0 fully saturated rings. The number of benzene rings is 21. The second-order valence-corrected chi connectivity index (χ2v) is 38.6. The van der Waals surface area contributed by atoms with Gasteiger partial charge in [-0.3, -0.25) is 9.13 Å². The van der Waals surface area contributed by atoms with Gasteiger partial charge in [-0.15, -0.1) is 0 Å². The number of pyridine rings is 2. The molecule has 0 aliphatic rings. The number of aromatic nitrogens is 13. The van der Waals surface area contributed by atoms with Gasteiger partial charge >= 0.3 is 0 Å². The minimum Gasteiger partial charge on any atom is -0.309 e. The van der Waals surface area contributed by atoms with Gasteiger partial charge in [0.15, 0.2) is 11.5 Å². The van der Waals surface area contributed by atoms with Crippen molar-refractivity contribution in [3.05, 3.63) is 455 Å². The van der Waals surface area contributed by atoms with Crippen molar-refractivity contribution in [2.24, 2.45) is 0 Å². The summed E-state index contributed by atoms with van der Waals surface area (Å²) in [6, 6.07) is 158. The Morgan fingerprint density at radius 3 is 1.08 bits per heavy atom. The molecule has 145 heavy (non-hydrogen) atoms. The first-order valence-electron chi connectivity index (χ1n) is 49.5. The summed E-state index contributed by atoms with van der Waals surface area (Å²) in [5.74, 6) is 1.34. The quantitative estimate of drug-likeness (QED) is 0.164. The second-order valence-electron chi connectivity index (χ2n) is 38.6. The molecule has 0 amide bonds. The maximum absolute atomic E-state index is 5.25. The molecule has 0 saturated heterocycles. The number of rotatable bonds is 6. The van der Waals surface area contributed by atoms with E-state index in [9.17, 15) is 0 Å². The van der Waals surface area contributed by atoms with E-state index in [2.05, 4.69) is 467 Å². The van der Waals surface area contributed by atoms with E-state index < -0.39 is 0 Å². The molecule has 0 aliphatic carbocycles. The highest BCUT2D eigenvalue weighted by Gasteiger charge is 2.32. The van der Waals surface area contributed by atoms with Crippen molar-refractivity contribution >= 4 is 267 Å². The molecule has 0 bridgehead atoms. The van der Waals surface area contributed by atoms with Crippen LogP contribution in [0.4, 0.5) is 0 Å². The van der Waals surface area contributed by atoms with Crippen molar-refractivity contribution in [1.82, 2.24) is 61.4 Å². The van der Waals surface area contributed by atoms with Crippen molar-refractivity contribution in [2.45, 2.75) is 0 Å². The summed E-state index contributed by atoms with van der Waals surface area (Å²) in [7, 11) is 0. The van der Waals surface area contributed by atoms with Gasteiger partial charge in [-0.25, -0.2) is 24.9 Å². The molecule has 0 atom stereocenters. The molecule has 21 aromatic carbocycles. The smallest absolute Gasteiger partial charge is 0.236 e. The van der Waals surface area contributed by atoms with Gasteiger partial charge in [-0.2, -0.15) is 4.98 Å². The monoisotopic (exact) mass is 1840 g/mol. The highest BCUT2D eigenvalue weighted by atomic mass is 15.2. The third-order valence-electron chi connectivity index (χ3n) is 31.3. The zero-order chi connectivity index (χ0) is 94.2. The summed E-state index contributed by atoms with van der Waals surface area (Å²) < 4.78 is 16.8. The lowest BCUT2D eigenvalue weighted by Crippen LogP contribution is -2.01. The minimum atomic E-state index is 0.629. The first kappa shape index (κ1) is 78.2. The Labute approximate surface area is 823 Å². The van der Waals surface area contributed by atoms with Crippen LogP contribution in [-0.2, 0) is 0 Å². The van der Waals surface area contributed by atoms with Crippen LogP contribution in [0, 0.1) is 0 Å². The third kappa shape index (κ3) is 10.8. The van der Waals surface area contributed by atoms with Crippen LogP contribution in [0.25, 0.3) is 312 Å². The van der Waals surface area contributed by atoms with Gasteiger partial charge in [0.1, 0.15) is 5.65 Å². The average molecular weight is 1840 g/mol. The number of fused-ring (bicyclic) bond motifs is 42. The Morgan fingerprint density at radius 2 is 0.559 bits per heavy atom. The topological polar surface area (TPSA) is 110 Å². The SMILES string of the molecule is c1ccc(-n2c3ccccc3c3cc(-n4c5ccccc5c5c6c7c8ccccc8ccc7n7c8ccccc8c(cc54)c67)cnc32)cc1.c1ccc2cc(-c3nc(-c4ccc(-n5c6ccccc6c6c7c8c9ccccc9ccc8n8c9ccccc9c(cc65)c78)cc4)nc4ccccc34)ccc2c1.c1cnc2nc(-n3c4ccccc4c4c5c6c7ccccc7ccc6n6c7ccccc7c(cc43)c56)ncc2c1. The maximum atomic E-state index is 5.25. The average Bonchev–Trinajstić information content (AvgIpc) is 1.52. The molecule has 0 saturated carbocycles. The van der Waals surface area contributed by atoms with Crippen molar-refractivity contribution in [3.63, 3.8) is 0 Å². The Kier molecular flexibility index (Phi) is 15.9. The van der Waals surface area contributed by atoms with E-state index in [4.69, 9.17) is 24.9 Å². The van der Waals surface area contributed by atoms with Crippen molar-refractivity contribution in [3.8, 4) is 45.7 Å². The van der Waals surface area contributed by atoms with Crippen LogP contribution in [0.2, 0.25) is 0 Å². The lowest BCUT2D eigenvalue weighted by Gasteiger charge is -2.12. The van der Waals surface area contributed by atoms with Gasteiger partial charge in [0.05, 0.1) is 111 Å². The van der Waals surface area contributed by atoms with Crippen LogP contribution in [0.15, 0.2) is 455 Å². The first-order chi connectivity index (χ1) is 72.0. The molecule has 14 aromatic heterocycles. The maximum Gasteiger partial charge on any atom is 0.236 e. The van der Waals surface area contributed by atoms with E-state index in [1.807, 2.05) is 18.3 Å². The summed E-state index contributed by atoms with van der Waals surface area (Å²) in [4.78, 5) is 29.9. The molecule has 668 valence electrons. The van der Waals surface area contributed by atoms with Gasteiger partial charge in [0, 0.05) is 153 Å². The molecular formula is C132H75N13. The standard InChI is InChI=1S/C52H30N4.C45H26N4.C35H19N5/c1-2-13-34-29-35(22-21-31(34)11-1)50-39-16-5-8-18-42(39)53-52(54-50)33-23-26-36(27-24-33)55-44-20-10-7-17-40(44)48-46(55)30-41-38-15-6-9-19-43(38)56-45-28-25-32-12-3-4-14-37(32)47(45)49(48)51(41)56;1-2-13-28(14-3-1)48-36-19-9-7-17-32(36)35-24-29(26-46-45(35)48)47-38-21-11-8-18-33(38)42-40(47)25-34-31-16-6-10-20-37(31)49-39-23-22-27-12-4-5-15-30(27)41(39)43(42)44(34)49;1-2-10-22-20(8-1)15-16-28-30(22)32-31-24-12-4-6-14-27(24)40(35-37-19-21-9-7-17-36-34(21)38-35)29(31)18-25-23-11-3-5-13-26(23)39(28)33(25)32/h1-30H;1-26H;1-19H. The van der Waals surface area contributed by atoms with Gasteiger partial charge in [0.25, 0.3) is 0 Å². The van der Waals surface area contributed by atoms with E-state index in [-0.39, 0.29) is 0 Å². The molecule has 35 rings (SSSR count). The predicted octanol–water partition coefficient (Wildman–Crippen LogP) is 33.5. The van der Waals surface area contributed by atoms with Crippen LogP contribution < -0.4 is 0 Å². The number of nitrogens with zero attached hydrogens (tertiary/aromatic N) is 13. The Bertz CT molecular complexity index is 11800. The predicted molar refractivity (Wildman–Crippen MR) is 603 cm³/mol. The molecule has 0 unspecified atom stereocenters. The number of para-hydroxylation sites is 9. The fourth-order valence-corrected chi connectivity index (χ4v) is 25.4. The van der Waals surface area contributed by atoms with Gasteiger partial charge < -0.3 is 22.3 Å². The molecule has 0 N–H and O–H groups in total. The summed E-state index contributed by atoms with van der Waals surface area (Å²) >= 11 is 0. The number of hydrogen-bond donors (Lipinski definition) is 0. The van der Waals surface area contributed by atoms with E-state index in [0.717, 1.165) is 77.8 Å². The zero-order valence-corrected chi connectivity index (χ0v) is 77.6. The molecule has 13 nitrogen and oxygen atoms in total. The summed E-state index contributed by atoms with van der Waals surface area (Å²) in [6.45, 7) is 0. The molecule has 0 spiro atoms. The summed E-state index contributed by atoms with van der Waals surface area (Å²) in [5.41, 5.74) is 28.2. The normalized spacial score (nSPS) is 12.4. The molecule has 13 heteroatoms. The summed E-state index contributed by atoms with van der Waals surface area (Å²) in [6.07, 6.45) is 5.71. The van der Waals surface area contributed by atoms with E-state index >= 15 is 0 Å². The highest BCUT2D eigenvalue weighted by molar-refractivity contribution is 6.43. The van der Waals surface area contributed by atoms with E-state index in [1.54, 1.807) is 6.20 Å². The molecule has 0 radical (unpaired) electrons. The Morgan fingerprint density at radius 1 is 0.179 bits per heavy atom.